The second kappa shape index (κ2) is 6.20. The molecule has 0 aromatic carbocycles. The average molecular weight is 329 g/mol. The standard InChI is InChI=1S/C16H19N5O3/c22-14-7-6-10(15(20-14)12-4-2-8-24-12)19-16(23)11-3-1-5-13-17-9-18-21(11)13/h1,3,5,9-10,12,15H,2,4,6-8H2,(H,19,23)(H,20,22)/t10-,12?,15-/m0/s1. The van der Waals surface area contributed by atoms with Crippen LogP contribution in [0.4, 0.5) is 0 Å². The highest BCUT2D eigenvalue weighted by molar-refractivity contribution is 5.93. The topological polar surface area (TPSA) is 97.6 Å². The van der Waals surface area contributed by atoms with Crippen LogP contribution in [-0.4, -0.2) is 51.2 Å². The summed E-state index contributed by atoms with van der Waals surface area (Å²) < 4.78 is 7.23. The summed E-state index contributed by atoms with van der Waals surface area (Å²) in [7, 11) is 0. The van der Waals surface area contributed by atoms with Crippen LogP contribution >= 0.6 is 0 Å². The summed E-state index contributed by atoms with van der Waals surface area (Å²) in [5, 5.41) is 10.1. The maximum atomic E-state index is 12.7. The fourth-order valence-electron chi connectivity index (χ4n) is 3.48. The molecule has 0 spiro atoms. The van der Waals surface area contributed by atoms with Gasteiger partial charge in [0.15, 0.2) is 5.65 Å². The molecule has 2 fully saturated rings. The number of carbonyl (C=O) groups excluding carboxylic acids is 2. The van der Waals surface area contributed by atoms with Gasteiger partial charge in [-0.25, -0.2) is 9.50 Å². The molecule has 4 rings (SSSR count). The van der Waals surface area contributed by atoms with Crippen LogP contribution in [-0.2, 0) is 9.53 Å². The molecule has 8 nitrogen and oxygen atoms in total. The van der Waals surface area contributed by atoms with Crippen LogP contribution in [0.3, 0.4) is 0 Å². The third kappa shape index (κ3) is 2.73. The maximum Gasteiger partial charge on any atom is 0.270 e. The van der Waals surface area contributed by atoms with E-state index in [4.69, 9.17) is 4.74 Å². The fourth-order valence-corrected chi connectivity index (χ4v) is 3.48. The second-order valence-corrected chi connectivity index (χ2v) is 6.20. The summed E-state index contributed by atoms with van der Waals surface area (Å²) in [5.74, 6) is -0.213. The molecular weight excluding hydrogens is 310 g/mol. The van der Waals surface area contributed by atoms with Crippen molar-refractivity contribution in [3.05, 3.63) is 30.2 Å². The third-order valence-electron chi connectivity index (χ3n) is 4.66. The first-order valence-electron chi connectivity index (χ1n) is 8.23. The number of piperidine rings is 1. The van der Waals surface area contributed by atoms with Crippen LogP contribution in [0.5, 0.6) is 0 Å². The Morgan fingerprint density at radius 1 is 1.38 bits per heavy atom. The number of fused-ring (bicyclic) bond motifs is 1. The lowest BCUT2D eigenvalue weighted by Gasteiger charge is -2.36. The zero-order chi connectivity index (χ0) is 16.5. The van der Waals surface area contributed by atoms with Crippen molar-refractivity contribution < 1.29 is 14.3 Å². The van der Waals surface area contributed by atoms with Gasteiger partial charge in [-0.3, -0.25) is 9.59 Å². The van der Waals surface area contributed by atoms with Gasteiger partial charge in [0.25, 0.3) is 5.91 Å². The summed E-state index contributed by atoms with van der Waals surface area (Å²) in [6, 6.07) is 4.93. The number of nitrogens with zero attached hydrogens (tertiary/aromatic N) is 3. The van der Waals surface area contributed by atoms with E-state index in [1.54, 1.807) is 18.2 Å². The van der Waals surface area contributed by atoms with E-state index in [0.717, 1.165) is 12.8 Å². The van der Waals surface area contributed by atoms with Crippen molar-refractivity contribution >= 4 is 17.5 Å². The van der Waals surface area contributed by atoms with E-state index in [1.807, 2.05) is 0 Å². The van der Waals surface area contributed by atoms with E-state index in [2.05, 4.69) is 20.7 Å². The summed E-state index contributed by atoms with van der Waals surface area (Å²) >= 11 is 0. The molecule has 0 saturated carbocycles. The Morgan fingerprint density at radius 2 is 2.29 bits per heavy atom. The molecule has 2 saturated heterocycles. The van der Waals surface area contributed by atoms with Gasteiger partial charge >= 0.3 is 0 Å². The van der Waals surface area contributed by atoms with Gasteiger partial charge in [0.05, 0.1) is 18.2 Å². The molecule has 2 aliphatic heterocycles. The molecule has 2 aliphatic rings. The molecule has 24 heavy (non-hydrogen) atoms. The Hall–Kier alpha value is -2.48. The lowest BCUT2D eigenvalue weighted by atomic mass is 9.92. The zero-order valence-corrected chi connectivity index (χ0v) is 13.1. The Kier molecular flexibility index (Phi) is 3.89. The van der Waals surface area contributed by atoms with Crippen LogP contribution in [0.2, 0.25) is 0 Å². The molecule has 0 aliphatic carbocycles. The first kappa shape index (κ1) is 15.1. The highest BCUT2D eigenvalue weighted by atomic mass is 16.5. The van der Waals surface area contributed by atoms with Gasteiger partial charge in [-0.1, -0.05) is 6.07 Å². The Bertz CT molecular complexity index is 768. The minimum absolute atomic E-state index is 0.0133. The van der Waals surface area contributed by atoms with Crippen LogP contribution in [0.15, 0.2) is 24.5 Å². The highest BCUT2D eigenvalue weighted by Crippen LogP contribution is 2.22. The molecule has 2 N–H and O–H groups in total. The van der Waals surface area contributed by atoms with Crippen molar-refractivity contribution in [3.8, 4) is 0 Å². The molecule has 4 heterocycles. The number of ether oxygens (including phenoxy) is 1. The van der Waals surface area contributed by atoms with Crippen molar-refractivity contribution in [2.45, 2.75) is 43.9 Å². The highest BCUT2D eigenvalue weighted by Gasteiger charge is 2.37. The van der Waals surface area contributed by atoms with E-state index >= 15 is 0 Å². The molecule has 0 bridgehead atoms. The predicted octanol–water partition coefficient (Wildman–Crippen LogP) is 0.285. The lowest BCUT2D eigenvalue weighted by molar-refractivity contribution is -0.125. The van der Waals surface area contributed by atoms with Crippen molar-refractivity contribution in [2.75, 3.05) is 6.61 Å². The van der Waals surface area contributed by atoms with Gasteiger partial charge in [0.1, 0.15) is 12.0 Å². The lowest BCUT2D eigenvalue weighted by Crippen LogP contribution is -2.60. The normalized spacial score (nSPS) is 27.2. The fraction of sp³-hybridized carbons (Fsp3) is 0.500. The van der Waals surface area contributed by atoms with E-state index in [0.29, 0.717) is 30.8 Å². The van der Waals surface area contributed by atoms with Crippen LogP contribution < -0.4 is 10.6 Å². The molecule has 126 valence electrons. The number of rotatable bonds is 3. The first-order valence-corrected chi connectivity index (χ1v) is 8.23. The minimum Gasteiger partial charge on any atom is -0.376 e. The number of hydrogen-bond donors (Lipinski definition) is 2. The second-order valence-electron chi connectivity index (χ2n) is 6.20. The number of amides is 2. The smallest absolute Gasteiger partial charge is 0.270 e. The van der Waals surface area contributed by atoms with Crippen LogP contribution in [0.1, 0.15) is 36.2 Å². The van der Waals surface area contributed by atoms with Crippen molar-refractivity contribution in [1.82, 2.24) is 25.2 Å². The molecule has 2 aromatic heterocycles. The van der Waals surface area contributed by atoms with Crippen molar-refractivity contribution in [2.24, 2.45) is 0 Å². The van der Waals surface area contributed by atoms with Gasteiger partial charge in [-0.15, -0.1) is 0 Å². The van der Waals surface area contributed by atoms with Gasteiger partial charge in [-0.05, 0) is 31.4 Å². The molecule has 0 radical (unpaired) electrons. The quantitative estimate of drug-likeness (QED) is 0.843. The van der Waals surface area contributed by atoms with E-state index in [1.165, 1.54) is 10.8 Å². The Balaban J connectivity index is 1.55. The van der Waals surface area contributed by atoms with E-state index < -0.39 is 0 Å². The molecule has 1 unspecified atom stereocenters. The monoisotopic (exact) mass is 329 g/mol. The summed E-state index contributed by atoms with van der Waals surface area (Å²) in [5.41, 5.74) is 1.04. The average Bonchev–Trinajstić information content (AvgIpc) is 3.27. The van der Waals surface area contributed by atoms with Crippen LogP contribution in [0, 0.1) is 0 Å². The van der Waals surface area contributed by atoms with Crippen LogP contribution in [0.25, 0.3) is 5.65 Å². The van der Waals surface area contributed by atoms with Gasteiger partial charge < -0.3 is 15.4 Å². The summed E-state index contributed by atoms with van der Waals surface area (Å²) in [4.78, 5) is 28.6. The minimum atomic E-state index is -0.227. The van der Waals surface area contributed by atoms with Gasteiger partial charge in [0.2, 0.25) is 5.91 Å². The van der Waals surface area contributed by atoms with E-state index in [9.17, 15) is 9.59 Å². The predicted molar refractivity (Wildman–Crippen MR) is 84.4 cm³/mol. The number of carbonyl (C=O) groups is 2. The number of pyridine rings is 1. The Morgan fingerprint density at radius 3 is 3.12 bits per heavy atom. The third-order valence-corrected chi connectivity index (χ3v) is 4.66. The van der Waals surface area contributed by atoms with Crippen molar-refractivity contribution in [1.29, 1.82) is 0 Å². The summed E-state index contributed by atoms with van der Waals surface area (Å²) in [6.45, 7) is 0.704. The SMILES string of the molecule is O=C1CC[C@H](NC(=O)c2cccc3ncnn23)[C@@H](C2CCCO2)N1. The first-order chi connectivity index (χ1) is 11.7. The molecule has 2 aromatic rings. The van der Waals surface area contributed by atoms with E-state index in [-0.39, 0.29) is 30.0 Å². The molecule has 3 atom stereocenters. The largest absolute Gasteiger partial charge is 0.376 e. The molecular formula is C16H19N5O3. The number of hydrogen-bond acceptors (Lipinski definition) is 5. The maximum absolute atomic E-state index is 12.7. The summed E-state index contributed by atoms with van der Waals surface area (Å²) in [6.07, 6.45) is 4.27. The number of nitrogens with one attached hydrogen (secondary N) is 2. The molecule has 2 amide bonds. The van der Waals surface area contributed by atoms with Gasteiger partial charge in [-0.2, -0.15) is 5.10 Å². The van der Waals surface area contributed by atoms with Crippen molar-refractivity contribution in [3.63, 3.8) is 0 Å². The zero-order valence-electron chi connectivity index (χ0n) is 13.1. The van der Waals surface area contributed by atoms with Gasteiger partial charge in [0, 0.05) is 13.0 Å². The molecule has 8 heteroatoms. The Labute approximate surface area is 138 Å². The number of aromatic nitrogens is 3.